The monoisotopic (exact) mass is 340 g/mol. The molecule has 0 saturated heterocycles. The number of pyridine rings is 1. The largest absolute Gasteiger partial charge is 0.321 e. The van der Waals surface area contributed by atoms with Crippen LogP contribution in [-0.4, -0.2) is 14.5 Å². The topological polar surface area (TPSA) is 73.8 Å². The van der Waals surface area contributed by atoms with Crippen LogP contribution in [0.15, 0.2) is 41.5 Å². The number of aryl methyl sites for hydroxylation is 1. The van der Waals surface area contributed by atoms with Crippen LogP contribution < -0.4 is 11.3 Å². The van der Waals surface area contributed by atoms with Gasteiger partial charge in [-0.25, -0.2) is 4.98 Å². The fraction of sp³-hybridized carbons (Fsp3) is 0.278. The molecule has 1 saturated carbocycles. The number of hydrogen-bond donors (Lipinski definition) is 1. The van der Waals surface area contributed by atoms with Gasteiger partial charge in [0, 0.05) is 6.20 Å². The average molecular weight is 341 g/mol. The van der Waals surface area contributed by atoms with Crippen LogP contribution in [0.3, 0.4) is 0 Å². The Morgan fingerprint density at radius 3 is 2.83 bits per heavy atom. The summed E-state index contributed by atoms with van der Waals surface area (Å²) in [5, 5.41) is 0.804. The van der Waals surface area contributed by atoms with E-state index in [2.05, 4.69) is 9.97 Å². The van der Waals surface area contributed by atoms with Crippen LogP contribution in [0.25, 0.3) is 16.6 Å². The highest BCUT2D eigenvalue weighted by Gasteiger charge is 2.33. The number of aromatic nitrogens is 3. The highest BCUT2D eigenvalue weighted by atomic mass is 35.5. The van der Waals surface area contributed by atoms with Crippen LogP contribution in [0.5, 0.6) is 0 Å². The van der Waals surface area contributed by atoms with Gasteiger partial charge in [0.25, 0.3) is 5.56 Å². The van der Waals surface area contributed by atoms with E-state index in [0.717, 1.165) is 18.4 Å². The summed E-state index contributed by atoms with van der Waals surface area (Å²) in [6.07, 6.45) is 5.53. The number of benzene rings is 1. The Labute approximate surface area is 144 Å². The molecule has 0 aliphatic heterocycles. The molecule has 0 amide bonds. The van der Waals surface area contributed by atoms with Crippen LogP contribution in [0.1, 0.15) is 30.3 Å². The smallest absolute Gasteiger partial charge is 0.267 e. The van der Waals surface area contributed by atoms with Crippen molar-refractivity contribution in [2.75, 3.05) is 0 Å². The molecule has 1 aliphatic carbocycles. The molecule has 2 N–H and O–H groups in total. The summed E-state index contributed by atoms with van der Waals surface area (Å²) in [4.78, 5) is 22.1. The Morgan fingerprint density at radius 2 is 2.12 bits per heavy atom. The molecule has 6 heteroatoms. The molecule has 24 heavy (non-hydrogen) atoms. The lowest BCUT2D eigenvalue weighted by molar-refractivity contribution is 0.573. The van der Waals surface area contributed by atoms with Gasteiger partial charge in [-0.05, 0) is 49.4 Å². The third-order valence-electron chi connectivity index (χ3n) is 4.42. The maximum absolute atomic E-state index is 13.2. The first-order chi connectivity index (χ1) is 11.6. The van der Waals surface area contributed by atoms with E-state index in [1.165, 1.54) is 0 Å². The highest BCUT2D eigenvalue weighted by Crippen LogP contribution is 2.39. The van der Waals surface area contributed by atoms with Crippen molar-refractivity contribution in [2.45, 2.75) is 25.8 Å². The van der Waals surface area contributed by atoms with Crippen molar-refractivity contribution < 1.29 is 0 Å². The number of halogens is 1. The second-order valence-electron chi connectivity index (χ2n) is 6.33. The molecule has 122 valence electrons. The minimum Gasteiger partial charge on any atom is -0.321 e. The molecule has 1 atom stereocenters. The van der Waals surface area contributed by atoms with Crippen molar-refractivity contribution in [1.29, 1.82) is 0 Å². The first-order valence-electron chi connectivity index (χ1n) is 7.95. The SMILES string of the molecule is Cc1cncc(-n2c([C@@H](N)C3CC3)nc3cccc(Cl)c3c2=O)c1. The fourth-order valence-corrected chi connectivity index (χ4v) is 3.26. The van der Waals surface area contributed by atoms with Crippen LogP contribution in [-0.2, 0) is 0 Å². The Hall–Kier alpha value is -2.24. The maximum Gasteiger partial charge on any atom is 0.267 e. The first kappa shape index (κ1) is 15.3. The van der Waals surface area contributed by atoms with E-state index in [9.17, 15) is 4.79 Å². The van der Waals surface area contributed by atoms with Gasteiger partial charge in [-0.15, -0.1) is 0 Å². The van der Waals surface area contributed by atoms with Gasteiger partial charge in [0.15, 0.2) is 0 Å². The lowest BCUT2D eigenvalue weighted by Crippen LogP contribution is -2.29. The number of rotatable bonds is 3. The molecule has 1 aliphatic rings. The van der Waals surface area contributed by atoms with Crippen LogP contribution in [0.4, 0.5) is 0 Å². The summed E-state index contributed by atoms with van der Waals surface area (Å²) >= 11 is 6.26. The molecular formula is C18H17ClN4O. The Morgan fingerprint density at radius 1 is 1.33 bits per heavy atom. The molecule has 2 aromatic heterocycles. The summed E-state index contributed by atoms with van der Waals surface area (Å²) in [6, 6.07) is 6.92. The van der Waals surface area contributed by atoms with Crippen molar-refractivity contribution in [3.63, 3.8) is 0 Å². The van der Waals surface area contributed by atoms with E-state index in [4.69, 9.17) is 17.3 Å². The molecule has 4 rings (SSSR count). The van der Waals surface area contributed by atoms with Crippen LogP contribution >= 0.6 is 11.6 Å². The van der Waals surface area contributed by atoms with Crippen molar-refractivity contribution in [1.82, 2.24) is 14.5 Å². The van der Waals surface area contributed by atoms with Gasteiger partial charge in [-0.2, -0.15) is 0 Å². The molecule has 0 bridgehead atoms. The number of nitrogens with zero attached hydrogens (tertiary/aromatic N) is 3. The first-order valence-corrected chi connectivity index (χ1v) is 8.33. The Kier molecular flexibility index (Phi) is 3.62. The summed E-state index contributed by atoms with van der Waals surface area (Å²) in [7, 11) is 0. The van der Waals surface area contributed by atoms with Crippen LogP contribution in [0.2, 0.25) is 5.02 Å². The number of fused-ring (bicyclic) bond motifs is 1. The minimum absolute atomic E-state index is 0.205. The zero-order valence-electron chi connectivity index (χ0n) is 13.2. The zero-order chi connectivity index (χ0) is 16.8. The molecule has 5 nitrogen and oxygen atoms in total. The van der Waals surface area contributed by atoms with Gasteiger partial charge in [0.2, 0.25) is 0 Å². The van der Waals surface area contributed by atoms with Crippen LogP contribution in [0, 0.1) is 12.8 Å². The van der Waals surface area contributed by atoms with Crippen molar-refractivity contribution >= 4 is 22.5 Å². The lowest BCUT2D eigenvalue weighted by Gasteiger charge is -2.18. The maximum atomic E-state index is 13.2. The normalized spacial score (nSPS) is 15.6. The molecule has 3 aromatic rings. The minimum atomic E-state index is -0.276. The van der Waals surface area contributed by atoms with Gasteiger partial charge in [-0.1, -0.05) is 17.7 Å². The summed E-state index contributed by atoms with van der Waals surface area (Å²) < 4.78 is 1.57. The van der Waals surface area contributed by atoms with E-state index < -0.39 is 0 Å². The van der Waals surface area contributed by atoms with Crippen molar-refractivity contribution in [3.05, 3.63) is 63.4 Å². The second-order valence-corrected chi connectivity index (χ2v) is 6.74. The number of nitrogens with two attached hydrogens (primary N) is 1. The van der Waals surface area contributed by atoms with E-state index in [0.29, 0.717) is 33.4 Å². The van der Waals surface area contributed by atoms with Gasteiger partial charge >= 0.3 is 0 Å². The molecule has 0 spiro atoms. The van der Waals surface area contributed by atoms with Gasteiger partial charge in [-0.3, -0.25) is 14.3 Å². The molecule has 2 heterocycles. The summed E-state index contributed by atoms with van der Waals surface area (Å²) in [5.41, 5.74) is 8.40. The van der Waals surface area contributed by atoms with E-state index in [1.54, 1.807) is 35.2 Å². The average Bonchev–Trinajstić information content (AvgIpc) is 3.38. The van der Waals surface area contributed by atoms with Gasteiger partial charge in [0.05, 0.1) is 33.9 Å². The third kappa shape index (κ3) is 2.50. The lowest BCUT2D eigenvalue weighted by atomic mass is 10.1. The highest BCUT2D eigenvalue weighted by molar-refractivity contribution is 6.35. The Bertz CT molecular complexity index is 994. The predicted octanol–water partition coefficient (Wildman–Crippen LogP) is 3.15. The fourth-order valence-electron chi connectivity index (χ4n) is 3.01. The van der Waals surface area contributed by atoms with E-state index in [1.807, 2.05) is 13.0 Å². The summed E-state index contributed by atoms with van der Waals surface area (Å²) in [5.74, 6) is 0.946. The molecule has 0 unspecified atom stereocenters. The molecule has 0 radical (unpaired) electrons. The summed E-state index contributed by atoms with van der Waals surface area (Å²) in [6.45, 7) is 1.93. The number of hydrogen-bond acceptors (Lipinski definition) is 4. The van der Waals surface area contributed by atoms with Crippen molar-refractivity contribution in [3.8, 4) is 5.69 Å². The Balaban J connectivity index is 2.08. The quantitative estimate of drug-likeness (QED) is 0.794. The van der Waals surface area contributed by atoms with Gasteiger partial charge in [0.1, 0.15) is 5.82 Å². The predicted molar refractivity (Wildman–Crippen MR) is 94.5 cm³/mol. The molecule has 1 fully saturated rings. The zero-order valence-corrected chi connectivity index (χ0v) is 14.0. The second kappa shape index (κ2) is 5.69. The van der Waals surface area contributed by atoms with Crippen molar-refractivity contribution in [2.24, 2.45) is 11.7 Å². The standard InChI is InChI=1S/C18H17ClN4O/c1-10-7-12(9-21-8-10)23-17(16(20)11-5-6-11)22-14-4-2-3-13(19)15(14)18(23)24/h2-4,7-9,11,16H,5-6,20H2,1H3/t16-/m0/s1. The molecule has 1 aromatic carbocycles. The van der Waals surface area contributed by atoms with Gasteiger partial charge < -0.3 is 5.73 Å². The van der Waals surface area contributed by atoms with E-state index >= 15 is 0 Å². The third-order valence-corrected chi connectivity index (χ3v) is 4.73. The molecular weight excluding hydrogens is 324 g/mol. The van der Waals surface area contributed by atoms with E-state index in [-0.39, 0.29) is 11.6 Å².